The molecule has 2 N–H and O–H groups in total. The summed E-state index contributed by atoms with van der Waals surface area (Å²) in [6.45, 7) is 1.78. The minimum atomic E-state index is -0.593. The van der Waals surface area contributed by atoms with Crippen LogP contribution in [-0.4, -0.2) is 11.2 Å². The maximum absolute atomic E-state index is 11.6. The summed E-state index contributed by atoms with van der Waals surface area (Å²) in [6.07, 6.45) is -0.593. The molecule has 18 heavy (non-hydrogen) atoms. The lowest BCUT2D eigenvalue weighted by molar-refractivity contribution is 0.215. The van der Waals surface area contributed by atoms with E-state index in [1.54, 1.807) is 43.3 Å². The van der Waals surface area contributed by atoms with Gasteiger partial charge in [-0.2, -0.15) is 0 Å². The molecule has 0 aliphatic heterocycles. The Balaban J connectivity index is 2.01. The average molecular weight is 243 g/mol. The van der Waals surface area contributed by atoms with Gasteiger partial charge in [0, 0.05) is 11.8 Å². The number of aromatic hydroxyl groups is 1. The van der Waals surface area contributed by atoms with Crippen molar-refractivity contribution in [2.75, 3.05) is 5.32 Å². The molecule has 0 aliphatic rings. The van der Waals surface area contributed by atoms with Crippen molar-refractivity contribution in [2.45, 2.75) is 6.92 Å². The SMILES string of the molecule is Cc1ccc(NC(=O)Oc2ccccc2)cc1O. The molecule has 0 radical (unpaired) electrons. The summed E-state index contributed by atoms with van der Waals surface area (Å²) in [4.78, 5) is 11.6. The summed E-state index contributed by atoms with van der Waals surface area (Å²) < 4.78 is 5.06. The number of ether oxygens (including phenoxy) is 1. The molecule has 0 fully saturated rings. The number of carbonyl (C=O) groups excluding carboxylic acids is 1. The Kier molecular flexibility index (Phi) is 3.48. The number of para-hydroxylation sites is 1. The van der Waals surface area contributed by atoms with Crippen LogP contribution in [0.25, 0.3) is 0 Å². The normalized spacial score (nSPS) is 9.83. The van der Waals surface area contributed by atoms with Crippen LogP contribution in [0, 0.1) is 6.92 Å². The smallest absolute Gasteiger partial charge is 0.417 e. The van der Waals surface area contributed by atoms with Gasteiger partial charge >= 0.3 is 6.09 Å². The number of aryl methyl sites for hydroxylation is 1. The van der Waals surface area contributed by atoms with E-state index in [0.29, 0.717) is 11.4 Å². The minimum Gasteiger partial charge on any atom is -0.508 e. The van der Waals surface area contributed by atoms with Gasteiger partial charge in [0.1, 0.15) is 11.5 Å². The summed E-state index contributed by atoms with van der Waals surface area (Å²) in [5.74, 6) is 0.596. The Hall–Kier alpha value is -2.49. The molecule has 0 heterocycles. The fourth-order valence-corrected chi connectivity index (χ4v) is 1.43. The van der Waals surface area contributed by atoms with Crippen molar-refractivity contribution in [3.05, 3.63) is 54.1 Å². The number of phenols is 1. The highest BCUT2D eigenvalue weighted by atomic mass is 16.6. The van der Waals surface area contributed by atoms with Crippen LogP contribution < -0.4 is 10.1 Å². The van der Waals surface area contributed by atoms with Gasteiger partial charge in [0.25, 0.3) is 0 Å². The van der Waals surface area contributed by atoms with E-state index >= 15 is 0 Å². The van der Waals surface area contributed by atoms with Crippen molar-refractivity contribution in [2.24, 2.45) is 0 Å². The maximum atomic E-state index is 11.6. The van der Waals surface area contributed by atoms with E-state index in [1.165, 1.54) is 6.07 Å². The zero-order valence-corrected chi connectivity index (χ0v) is 9.88. The second-order valence-corrected chi connectivity index (χ2v) is 3.83. The van der Waals surface area contributed by atoms with E-state index in [9.17, 15) is 9.90 Å². The second-order valence-electron chi connectivity index (χ2n) is 3.83. The Morgan fingerprint density at radius 3 is 2.56 bits per heavy atom. The zero-order valence-electron chi connectivity index (χ0n) is 9.88. The summed E-state index contributed by atoms with van der Waals surface area (Å²) in [5.41, 5.74) is 1.23. The number of carbonyl (C=O) groups is 1. The van der Waals surface area contributed by atoms with Crippen molar-refractivity contribution < 1.29 is 14.6 Å². The number of phenolic OH excluding ortho intramolecular Hbond substituents is 1. The van der Waals surface area contributed by atoms with Gasteiger partial charge in [-0.1, -0.05) is 24.3 Å². The first-order chi connectivity index (χ1) is 8.65. The van der Waals surface area contributed by atoms with Crippen LogP contribution in [0.2, 0.25) is 0 Å². The monoisotopic (exact) mass is 243 g/mol. The minimum absolute atomic E-state index is 0.132. The predicted octanol–water partition coefficient (Wildman–Crippen LogP) is 3.31. The second kappa shape index (κ2) is 5.23. The fraction of sp³-hybridized carbons (Fsp3) is 0.0714. The van der Waals surface area contributed by atoms with E-state index in [2.05, 4.69) is 5.32 Å². The van der Waals surface area contributed by atoms with Gasteiger partial charge in [0.05, 0.1) is 0 Å². The van der Waals surface area contributed by atoms with Gasteiger partial charge in [-0.05, 0) is 30.7 Å². The first kappa shape index (κ1) is 12.0. The lowest BCUT2D eigenvalue weighted by Gasteiger charge is -2.07. The molecule has 0 bridgehead atoms. The highest BCUT2D eigenvalue weighted by Crippen LogP contribution is 2.21. The Bertz CT molecular complexity index is 552. The molecular formula is C14H13NO3. The van der Waals surface area contributed by atoms with Crippen molar-refractivity contribution >= 4 is 11.8 Å². The number of hydrogen-bond acceptors (Lipinski definition) is 3. The third-order valence-electron chi connectivity index (χ3n) is 2.41. The molecule has 4 heteroatoms. The summed E-state index contributed by atoms with van der Waals surface area (Å²) in [7, 11) is 0. The molecular weight excluding hydrogens is 230 g/mol. The molecule has 0 spiro atoms. The number of nitrogens with one attached hydrogen (secondary N) is 1. The summed E-state index contributed by atoms with van der Waals surface area (Å²) in [6, 6.07) is 13.7. The van der Waals surface area contributed by atoms with Gasteiger partial charge in [-0.3, -0.25) is 5.32 Å². The Labute approximate surface area is 105 Å². The molecule has 0 saturated heterocycles. The number of rotatable bonds is 2. The topological polar surface area (TPSA) is 58.6 Å². The third kappa shape index (κ3) is 3.01. The summed E-state index contributed by atoms with van der Waals surface area (Å²) in [5, 5.41) is 12.0. The molecule has 2 aromatic carbocycles. The molecule has 0 atom stereocenters. The van der Waals surface area contributed by atoms with E-state index in [-0.39, 0.29) is 5.75 Å². The molecule has 0 aromatic heterocycles. The lowest BCUT2D eigenvalue weighted by Crippen LogP contribution is -2.16. The van der Waals surface area contributed by atoms with E-state index in [0.717, 1.165) is 5.56 Å². The highest BCUT2D eigenvalue weighted by Gasteiger charge is 2.05. The molecule has 0 unspecified atom stereocenters. The molecule has 92 valence electrons. The molecule has 2 rings (SSSR count). The van der Waals surface area contributed by atoms with Crippen LogP contribution in [0.1, 0.15) is 5.56 Å². The highest BCUT2D eigenvalue weighted by molar-refractivity contribution is 5.86. The van der Waals surface area contributed by atoms with Gasteiger partial charge in [0.15, 0.2) is 0 Å². The zero-order chi connectivity index (χ0) is 13.0. The van der Waals surface area contributed by atoms with E-state index in [4.69, 9.17) is 4.74 Å². The van der Waals surface area contributed by atoms with Gasteiger partial charge in [-0.15, -0.1) is 0 Å². The van der Waals surface area contributed by atoms with Gasteiger partial charge in [-0.25, -0.2) is 4.79 Å². The van der Waals surface area contributed by atoms with Crippen LogP contribution >= 0.6 is 0 Å². The first-order valence-electron chi connectivity index (χ1n) is 5.48. The maximum Gasteiger partial charge on any atom is 0.417 e. The molecule has 0 saturated carbocycles. The quantitative estimate of drug-likeness (QED) is 0.850. The van der Waals surface area contributed by atoms with Crippen LogP contribution in [0.4, 0.5) is 10.5 Å². The van der Waals surface area contributed by atoms with E-state index in [1.807, 2.05) is 6.07 Å². The average Bonchev–Trinajstić information content (AvgIpc) is 2.35. The number of amides is 1. The molecule has 2 aromatic rings. The summed E-state index contributed by atoms with van der Waals surface area (Å²) >= 11 is 0. The third-order valence-corrected chi connectivity index (χ3v) is 2.41. The first-order valence-corrected chi connectivity index (χ1v) is 5.48. The largest absolute Gasteiger partial charge is 0.508 e. The predicted molar refractivity (Wildman–Crippen MR) is 68.9 cm³/mol. The Morgan fingerprint density at radius 2 is 1.89 bits per heavy atom. The number of hydrogen-bond donors (Lipinski definition) is 2. The van der Waals surface area contributed by atoms with Crippen molar-refractivity contribution in [1.82, 2.24) is 0 Å². The van der Waals surface area contributed by atoms with Crippen molar-refractivity contribution in [1.29, 1.82) is 0 Å². The molecule has 1 amide bonds. The molecule has 0 aliphatic carbocycles. The molecule has 4 nitrogen and oxygen atoms in total. The standard InChI is InChI=1S/C14H13NO3/c1-10-7-8-11(9-13(10)16)15-14(17)18-12-5-3-2-4-6-12/h2-9,16H,1H3,(H,15,17). The fourth-order valence-electron chi connectivity index (χ4n) is 1.43. The van der Waals surface area contributed by atoms with Crippen LogP contribution in [0.5, 0.6) is 11.5 Å². The van der Waals surface area contributed by atoms with Crippen molar-refractivity contribution in [3.63, 3.8) is 0 Å². The van der Waals surface area contributed by atoms with Crippen molar-refractivity contribution in [3.8, 4) is 11.5 Å². The number of benzene rings is 2. The van der Waals surface area contributed by atoms with Crippen LogP contribution in [-0.2, 0) is 0 Å². The number of anilines is 1. The lowest BCUT2D eigenvalue weighted by atomic mass is 10.2. The van der Waals surface area contributed by atoms with Gasteiger partial charge < -0.3 is 9.84 Å². The van der Waals surface area contributed by atoms with Gasteiger partial charge in [0.2, 0.25) is 0 Å². The van der Waals surface area contributed by atoms with Crippen LogP contribution in [0.15, 0.2) is 48.5 Å². The van der Waals surface area contributed by atoms with Crippen LogP contribution in [0.3, 0.4) is 0 Å². The Morgan fingerprint density at radius 1 is 1.17 bits per heavy atom. The van der Waals surface area contributed by atoms with E-state index < -0.39 is 6.09 Å².